The molecule has 1 unspecified atom stereocenters. The second kappa shape index (κ2) is 7.29. The second-order valence-electron chi connectivity index (χ2n) is 4.08. The number of hydrogen-bond acceptors (Lipinski definition) is 2. The molecule has 0 saturated carbocycles. The van der Waals surface area contributed by atoms with Gasteiger partial charge in [0.2, 0.25) is 0 Å². The standard InChI is InChI=1S/C14H23NO/c1-4-15-12(3)9-10-13-7-6-8-14(11-13)16-5-2/h6-8,11-12,15H,4-5,9-10H2,1-3H3. The van der Waals surface area contributed by atoms with E-state index in [0.29, 0.717) is 6.04 Å². The Hall–Kier alpha value is -1.02. The Balaban J connectivity index is 2.44. The molecule has 1 aromatic carbocycles. The highest BCUT2D eigenvalue weighted by atomic mass is 16.5. The second-order valence-corrected chi connectivity index (χ2v) is 4.08. The summed E-state index contributed by atoms with van der Waals surface area (Å²) in [6, 6.07) is 8.98. The molecule has 0 aromatic heterocycles. The van der Waals surface area contributed by atoms with Crippen molar-refractivity contribution in [1.29, 1.82) is 0 Å². The first-order chi connectivity index (χ1) is 7.76. The third-order valence-corrected chi connectivity index (χ3v) is 2.63. The first kappa shape index (κ1) is 13.0. The molecule has 0 radical (unpaired) electrons. The number of ether oxygens (including phenoxy) is 1. The van der Waals surface area contributed by atoms with Gasteiger partial charge in [-0.1, -0.05) is 19.1 Å². The van der Waals surface area contributed by atoms with Gasteiger partial charge in [0.05, 0.1) is 6.61 Å². The summed E-state index contributed by atoms with van der Waals surface area (Å²) in [4.78, 5) is 0. The maximum absolute atomic E-state index is 5.49. The summed E-state index contributed by atoms with van der Waals surface area (Å²) in [5.41, 5.74) is 1.36. The van der Waals surface area contributed by atoms with Crippen molar-refractivity contribution in [2.24, 2.45) is 0 Å². The van der Waals surface area contributed by atoms with Crippen LogP contribution in [0.25, 0.3) is 0 Å². The van der Waals surface area contributed by atoms with Crippen LogP contribution < -0.4 is 10.1 Å². The predicted molar refractivity (Wildman–Crippen MR) is 69.1 cm³/mol. The minimum atomic E-state index is 0.584. The van der Waals surface area contributed by atoms with Crippen molar-refractivity contribution >= 4 is 0 Å². The van der Waals surface area contributed by atoms with E-state index in [1.807, 2.05) is 13.0 Å². The molecule has 1 atom stereocenters. The highest BCUT2D eigenvalue weighted by Crippen LogP contribution is 2.15. The largest absolute Gasteiger partial charge is 0.494 e. The molecule has 1 N–H and O–H groups in total. The Morgan fingerprint density at radius 1 is 1.31 bits per heavy atom. The van der Waals surface area contributed by atoms with E-state index in [2.05, 4.69) is 37.4 Å². The van der Waals surface area contributed by atoms with E-state index in [1.165, 1.54) is 12.0 Å². The fraction of sp³-hybridized carbons (Fsp3) is 0.571. The van der Waals surface area contributed by atoms with Gasteiger partial charge in [-0.25, -0.2) is 0 Å². The summed E-state index contributed by atoms with van der Waals surface area (Å²) in [5.74, 6) is 0.983. The van der Waals surface area contributed by atoms with E-state index >= 15 is 0 Å². The van der Waals surface area contributed by atoms with Crippen LogP contribution >= 0.6 is 0 Å². The van der Waals surface area contributed by atoms with E-state index in [-0.39, 0.29) is 0 Å². The third-order valence-electron chi connectivity index (χ3n) is 2.63. The van der Waals surface area contributed by atoms with Crippen LogP contribution in [0.2, 0.25) is 0 Å². The molecule has 0 bridgehead atoms. The zero-order valence-electron chi connectivity index (χ0n) is 10.6. The average molecular weight is 221 g/mol. The van der Waals surface area contributed by atoms with Gasteiger partial charge >= 0.3 is 0 Å². The molecule has 2 heteroatoms. The number of aryl methyl sites for hydroxylation is 1. The zero-order chi connectivity index (χ0) is 11.8. The van der Waals surface area contributed by atoms with Crippen molar-refractivity contribution in [3.8, 4) is 5.75 Å². The summed E-state index contributed by atoms with van der Waals surface area (Å²) in [6.45, 7) is 8.17. The molecular weight excluding hydrogens is 198 g/mol. The van der Waals surface area contributed by atoms with Gasteiger partial charge in [-0.05, 0) is 50.9 Å². The van der Waals surface area contributed by atoms with Crippen LogP contribution in [0, 0.1) is 0 Å². The summed E-state index contributed by atoms with van der Waals surface area (Å²) in [5, 5.41) is 3.42. The minimum Gasteiger partial charge on any atom is -0.494 e. The topological polar surface area (TPSA) is 21.3 Å². The molecule has 0 spiro atoms. The van der Waals surface area contributed by atoms with E-state index < -0.39 is 0 Å². The highest BCUT2D eigenvalue weighted by molar-refractivity contribution is 5.28. The summed E-state index contributed by atoms with van der Waals surface area (Å²) >= 11 is 0. The van der Waals surface area contributed by atoms with Crippen LogP contribution in [0.5, 0.6) is 5.75 Å². The normalized spacial score (nSPS) is 12.4. The molecule has 0 saturated heterocycles. The molecule has 2 nitrogen and oxygen atoms in total. The fourth-order valence-electron chi connectivity index (χ4n) is 1.79. The van der Waals surface area contributed by atoms with Gasteiger partial charge in [-0.2, -0.15) is 0 Å². The number of rotatable bonds is 7. The Kier molecular flexibility index (Phi) is 5.94. The lowest BCUT2D eigenvalue weighted by Gasteiger charge is -2.12. The molecule has 0 aliphatic heterocycles. The zero-order valence-corrected chi connectivity index (χ0v) is 10.6. The molecular formula is C14H23NO. The molecule has 1 rings (SSSR count). The van der Waals surface area contributed by atoms with Crippen molar-refractivity contribution in [2.45, 2.75) is 39.7 Å². The van der Waals surface area contributed by atoms with E-state index in [4.69, 9.17) is 4.74 Å². The lowest BCUT2D eigenvalue weighted by Crippen LogP contribution is -2.25. The van der Waals surface area contributed by atoms with Crippen LogP contribution in [0.4, 0.5) is 0 Å². The number of nitrogens with one attached hydrogen (secondary N) is 1. The molecule has 1 aromatic rings. The van der Waals surface area contributed by atoms with Gasteiger partial charge in [-0.3, -0.25) is 0 Å². The molecule has 0 fully saturated rings. The Morgan fingerprint density at radius 2 is 2.12 bits per heavy atom. The summed E-state index contributed by atoms with van der Waals surface area (Å²) in [6.07, 6.45) is 2.28. The van der Waals surface area contributed by atoms with Crippen molar-refractivity contribution in [3.63, 3.8) is 0 Å². The van der Waals surface area contributed by atoms with E-state index in [1.54, 1.807) is 0 Å². The van der Waals surface area contributed by atoms with E-state index in [9.17, 15) is 0 Å². The first-order valence-corrected chi connectivity index (χ1v) is 6.21. The Morgan fingerprint density at radius 3 is 2.81 bits per heavy atom. The number of benzene rings is 1. The smallest absolute Gasteiger partial charge is 0.119 e. The molecule has 0 aliphatic carbocycles. The first-order valence-electron chi connectivity index (χ1n) is 6.21. The minimum absolute atomic E-state index is 0.584. The van der Waals surface area contributed by atoms with Gasteiger partial charge in [0.1, 0.15) is 5.75 Å². The van der Waals surface area contributed by atoms with Crippen LogP contribution in [0.15, 0.2) is 24.3 Å². The molecule has 16 heavy (non-hydrogen) atoms. The van der Waals surface area contributed by atoms with Crippen LogP contribution in [0.3, 0.4) is 0 Å². The van der Waals surface area contributed by atoms with Crippen molar-refractivity contribution in [2.75, 3.05) is 13.2 Å². The molecule has 0 aliphatic rings. The van der Waals surface area contributed by atoms with Crippen LogP contribution in [-0.2, 0) is 6.42 Å². The molecule has 90 valence electrons. The Labute approximate surface area is 99.0 Å². The monoisotopic (exact) mass is 221 g/mol. The average Bonchev–Trinajstić information content (AvgIpc) is 2.28. The SMILES string of the molecule is CCNC(C)CCc1cccc(OCC)c1. The van der Waals surface area contributed by atoms with Gasteiger partial charge < -0.3 is 10.1 Å². The van der Waals surface area contributed by atoms with E-state index in [0.717, 1.165) is 25.3 Å². The molecule has 0 amide bonds. The van der Waals surface area contributed by atoms with Gasteiger partial charge in [0, 0.05) is 6.04 Å². The maximum Gasteiger partial charge on any atom is 0.119 e. The fourth-order valence-corrected chi connectivity index (χ4v) is 1.79. The van der Waals surface area contributed by atoms with Crippen molar-refractivity contribution < 1.29 is 4.74 Å². The highest BCUT2D eigenvalue weighted by Gasteiger charge is 2.01. The maximum atomic E-state index is 5.49. The predicted octanol–water partition coefficient (Wildman–Crippen LogP) is 3.02. The van der Waals surface area contributed by atoms with Crippen LogP contribution in [-0.4, -0.2) is 19.2 Å². The third kappa shape index (κ3) is 4.67. The number of hydrogen-bond donors (Lipinski definition) is 1. The van der Waals surface area contributed by atoms with Crippen LogP contribution in [0.1, 0.15) is 32.8 Å². The van der Waals surface area contributed by atoms with Crippen molar-refractivity contribution in [1.82, 2.24) is 5.32 Å². The quantitative estimate of drug-likeness (QED) is 0.764. The Bertz CT molecular complexity index is 299. The summed E-state index contributed by atoms with van der Waals surface area (Å²) < 4.78 is 5.49. The molecule has 0 heterocycles. The lowest BCUT2D eigenvalue weighted by atomic mass is 10.1. The lowest BCUT2D eigenvalue weighted by molar-refractivity contribution is 0.340. The van der Waals surface area contributed by atoms with Gasteiger partial charge in [-0.15, -0.1) is 0 Å². The van der Waals surface area contributed by atoms with Gasteiger partial charge in [0.25, 0.3) is 0 Å². The van der Waals surface area contributed by atoms with Gasteiger partial charge in [0.15, 0.2) is 0 Å². The van der Waals surface area contributed by atoms with Crippen molar-refractivity contribution in [3.05, 3.63) is 29.8 Å². The summed E-state index contributed by atoms with van der Waals surface area (Å²) in [7, 11) is 0.